The van der Waals surface area contributed by atoms with Crippen molar-refractivity contribution in [3.05, 3.63) is 64.7 Å². The SMILES string of the molecule is Cc1ccc(C)c(C(C(=O)NC2CCCCC2)N(C(=O)C(Cc2ccc(O)cc2)NC(=O)OC(C)(C)C)C2CC2)c1. The number of carbonyl (C=O) groups excluding carboxylic acids is 3. The Labute approximate surface area is 243 Å². The van der Waals surface area contributed by atoms with E-state index in [1.807, 2.05) is 32.0 Å². The predicted octanol–water partition coefficient (Wildman–Crippen LogP) is 5.63. The zero-order valence-corrected chi connectivity index (χ0v) is 25.0. The molecule has 4 rings (SSSR count). The molecular formula is C33H45N3O5. The fourth-order valence-corrected chi connectivity index (χ4v) is 5.57. The summed E-state index contributed by atoms with van der Waals surface area (Å²) < 4.78 is 5.52. The number of alkyl carbamates (subject to hydrolysis) is 1. The van der Waals surface area contributed by atoms with Crippen LogP contribution in [-0.4, -0.2) is 51.6 Å². The maximum Gasteiger partial charge on any atom is 0.408 e. The predicted molar refractivity (Wildman–Crippen MR) is 159 cm³/mol. The summed E-state index contributed by atoms with van der Waals surface area (Å²) in [5.74, 6) is -0.381. The molecule has 2 aliphatic rings. The molecule has 41 heavy (non-hydrogen) atoms. The Kier molecular flexibility index (Phi) is 9.61. The van der Waals surface area contributed by atoms with Crippen LogP contribution >= 0.6 is 0 Å². The molecule has 2 aromatic carbocycles. The number of nitrogens with zero attached hydrogens (tertiary/aromatic N) is 1. The lowest BCUT2D eigenvalue weighted by Crippen LogP contribution is -2.55. The Hall–Kier alpha value is -3.55. The van der Waals surface area contributed by atoms with Gasteiger partial charge in [0.05, 0.1) is 0 Å². The molecule has 8 nitrogen and oxygen atoms in total. The van der Waals surface area contributed by atoms with Gasteiger partial charge in [0.15, 0.2) is 0 Å². The average Bonchev–Trinajstić information content (AvgIpc) is 3.74. The van der Waals surface area contributed by atoms with Gasteiger partial charge >= 0.3 is 6.09 Å². The van der Waals surface area contributed by atoms with Crippen molar-refractivity contribution in [2.75, 3.05) is 0 Å². The molecule has 0 saturated heterocycles. The summed E-state index contributed by atoms with van der Waals surface area (Å²) in [6.45, 7) is 9.27. The van der Waals surface area contributed by atoms with Crippen molar-refractivity contribution in [3.63, 3.8) is 0 Å². The monoisotopic (exact) mass is 563 g/mol. The number of nitrogens with one attached hydrogen (secondary N) is 2. The number of benzene rings is 2. The van der Waals surface area contributed by atoms with Crippen molar-refractivity contribution in [2.45, 2.75) is 116 Å². The molecule has 2 saturated carbocycles. The molecule has 8 heteroatoms. The number of phenols is 1. The van der Waals surface area contributed by atoms with Crippen molar-refractivity contribution < 1.29 is 24.2 Å². The van der Waals surface area contributed by atoms with Crippen LogP contribution in [0.2, 0.25) is 0 Å². The van der Waals surface area contributed by atoms with Crippen molar-refractivity contribution in [3.8, 4) is 5.75 Å². The number of aromatic hydroxyl groups is 1. The van der Waals surface area contributed by atoms with Gasteiger partial charge in [-0.05, 0) is 89.1 Å². The Morgan fingerprint density at radius 2 is 1.63 bits per heavy atom. The van der Waals surface area contributed by atoms with Crippen LogP contribution in [0.5, 0.6) is 5.75 Å². The lowest BCUT2D eigenvalue weighted by Gasteiger charge is -2.36. The summed E-state index contributed by atoms with van der Waals surface area (Å²) in [6, 6.07) is 10.8. The number of rotatable bonds is 9. The second kappa shape index (κ2) is 13.0. The normalized spacial score (nSPS) is 17.3. The molecule has 0 heterocycles. The smallest absolute Gasteiger partial charge is 0.408 e. The topological polar surface area (TPSA) is 108 Å². The van der Waals surface area contributed by atoms with E-state index in [1.54, 1.807) is 49.9 Å². The minimum atomic E-state index is -0.968. The summed E-state index contributed by atoms with van der Waals surface area (Å²) in [4.78, 5) is 43.3. The number of ether oxygens (including phenoxy) is 1. The van der Waals surface area contributed by atoms with E-state index in [0.29, 0.717) is 0 Å². The van der Waals surface area contributed by atoms with E-state index in [-0.39, 0.29) is 36.1 Å². The number of aryl methyl sites for hydroxylation is 2. The van der Waals surface area contributed by atoms with Crippen LogP contribution < -0.4 is 10.6 Å². The molecule has 0 bridgehead atoms. The maximum absolute atomic E-state index is 14.5. The fraction of sp³-hybridized carbons (Fsp3) is 0.545. The highest BCUT2D eigenvalue weighted by Crippen LogP contribution is 2.37. The van der Waals surface area contributed by atoms with Crippen LogP contribution in [0.15, 0.2) is 42.5 Å². The molecule has 0 aromatic heterocycles. The Morgan fingerprint density at radius 1 is 0.976 bits per heavy atom. The standard InChI is InChI=1S/C33H45N3O5/c1-21-11-12-22(2)27(19-21)29(30(38)34-24-9-7-6-8-10-24)36(25-15-16-25)31(39)28(35-32(40)41-33(3,4)5)20-23-13-17-26(37)18-14-23/h11-14,17-19,24-25,28-29,37H,6-10,15-16,20H2,1-5H3,(H,34,38)(H,35,40). The van der Waals surface area contributed by atoms with E-state index >= 15 is 0 Å². The Balaban J connectivity index is 1.71. The van der Waals surface area contributed by atoms with E-state index in [4.69, 9.17) is 4.74 Å². The van der Waals surface area contributed by atoms with E-state index in [2.05, 4.69) is 10.6 Å². The van der Waals surface area contributed by atoms with Gasteiger partial charge in [0.1, 0.15) is 23.4 Å². The number of amides is 3. The first-order valence-electron chi connectivity index (χ1n) is 14.9. The number of hydrogen-bond acceptors (Lipinski definition) is 5. The van der Waals surface area contributed by atoms with Crippen LogP contribution in [0.3, 0.4) is 0 Å². The first-order chi connectivity index (χ1) is 19.4. The summed E-state index contributed by atoms with van der Waals surface area (Å²) in [5.41, 5.74) is 2.78. The molecule has 3 amide bonds. The highest BCUT2D eigenvalue weighted by atomic mass is 16.6. The van der Waals surface area contributed by atoms with Crippen LogP contribution in [-0.2, 0) is 20.7 Å². The van der Waals surface area contributed by atoms with Crippen LogP contribution in [0.1, 0.15) is 94.0 Å². The third-order valence-corrected chi connectivity index (χ3v) is 7.77. The highest BCUT2D eigenvalue weighted by Gasteiger charge is 2.45. The van der Waals surface area contributed by atoms with Crippen LogP contribution in [0.25, 0.3) is 0 Å². The fourth-order valence-electron chi connectivity index (χ4n) is 5.57. The summed E-state index contributed by atoms with van der Waals surface area (Å²) >= 11 is 0. The Morgan fingerprint density at radius 3 is 2.24 bits per heavy atom. The molecule has 2 aliphatic carbocycles. The zero-order chi connectivity index (χ0) is 29.7. The van der Waals surface area contributed by atoms with Crippen molar-refractivity contribution in [2.24, 2.45) is 0 Å². The molecule has 2 aromatic rings. The lowest BCUT2D eigenvalue weighted by molar-refractivity contribution is -0.143. The van der Waals surface area contributed by atoms with E-state index < -0.39 is 23.8 Å². The third-order valence-electron chi connectivity index (χ3n) is 7.77. The summed E-state index contributed by atoms with van der Waals surface area (Å²) in [7, 11) is 0. The average molecular weight is 564 g/mol. The Bertz CT molecular complexity index is 1230. The van der Waals surface area contributed by atoms with Gasteiger partial charge in [0, 0.05) is 18.5 Å². The van der Waals surface area contributed by atoms with E-state index in [1.165, 1.54) is 6.42 Å². The second-order valence-electron chi connectivity index (χ2n) is 12.7. The van der Waals surface area contributed by atoms with Gasteiger partial charge in [-0.15, -0.1) is 0 Å². The molecule has 222 valence electrons. The van der Waals surface area contributed by atoms with Gasteiger partial charge < -0.3 is 25.4 Å². The first kappa shape index (κ1) is 30.4. The number of phenolic OH excluding ortho intramolecular Hbond substituents is 1. The molecule has 2 fully saturated rings. The molecular weight excluding hydrogens is 518 g/mol. The number of carbonyl (C=O) groups is 3. The quantitative estimate of drug-likeness (QED) is 0.367. The first-order valence-corrected chi connectivity index (χ1v) is 14.9. The van der Waals surface area contributed by atoms with E-state index in [0.717, 1.165) is 60.8 Å². The van der Waals surface area contributed by atoms with Gasteiger partial charge in [0.25, 0.3) is 0 Å². The van der Waals surface area contributed by atoms with Gasteiger partial charge in [-0.25, -0.2) is 4.79 Å². The molecule has 0 aliphatic heterocycles. The minimum Gasteiger partial charge on any atom is -0.508 e. The minimum absolute atomic E-state index is 0.0905. The highest BCUT2D eigenvalue weighted by molar-refractivity contribution is 5.93. The summed E-state index contributed by atoms with van der Waals surface area (Å²) in [6.07, 6.45) is 6.29. The van der Waals surface area contributed by atoms with E-state index in [9.17, 15) is 19.5 Å². The third kappa shape index (κ3) is 8.47. The molecule has 0 spiro atoms. The number of hydrogen-bond donors (Lipinski definition) is 3. The summed E-state index contributed by atoms with van der Waals surface area (Å²) in [5, 5.41) is 15.9. The molecule has 0 radical (unpaired) electrons. The lowest BCUT2D eigenvalue weighted by atomic mass is 9.93. The zero-order valence-electron chi connectivity index (χ0n) is 25.0. The largest absolute Gasteiger partial charge is 0.508 e. The second-order valence-corrected chi connectivity index (χ2v) is 12.7. The molecule has 2 atom stereocenters. The van der Waals surface area contributed by atoms with Gasteiger partial charge in [-0.3, -0.25) is 9.59 Å². The molecule has 2 unspecified atom stereocenters. The van der Waals surface area contributed by atoms with Gasteiger partial charge in [-0.1, -0.05) is 55.2 Å². The van der Waals surface area contributed by atoms with Crippen molar-refractivity contribution in [1.82, 2.24) is 15.5 Å². The van der Waals surface area contributed by atoms with Crippen molar-refractivity contribution >= 4 is 17.9 Å². The van der Waals surface area contributed by atoms with Crippen molar-refractivity contribution in [1.29, 1.82) is 0 Å². The molecule has 3 N–H and O–H groups in total. The van der Waals surface area contributed by atoms with Gasteiger partial charge in [-0.2, -0.15) is 0 Å². The maximum atomic E-state index is 14.5. The van der Waals surface area contributed by atoms with Crippen LogP contribution in [0, 0.1) is 13.8 Å². The van der Waals surface area contributed by atoms with Crippen LogP contribution in [0.4, 0.5) is 4.79 Å². The van der Waals surface area contributed by atoms with Gasteiger partial charge in [0.2, 0.25) is 11.8 Å².